The molecular formula is C18H23N3O2S. The number of rotatable bonds is 3. The van der Waals surface area contributed by atoms with Gasteiger partial charge in [0.15, 0.2) is 0 Å². The number of aromatic nitrogens is 1. The molecule has 3 aliphatic rings. The van der Waals surface area contributed by atoms with Crippen molar-refractivity contribution in [2.24, 2.45) is 5.92 Å². The van der Waals surface area contributed by atoms with Crippen molar-refractivity contribution in [3.8, 4) is 0 Å². The summed E-state index contributed by atoms with van der Waals surface area (Å²) in [6.45, 7) is 6.88. The molecule has 5 rings (SSSR count). The summed E-state index contributed by atoms with van der Waals surface area (Å²) in [5, 5.41) is 3.11. The SMILES string of the molecule is CCn1cc(C(=O)NC2CC3CCN2CC3)c(=O)c2sc(C)cc21. The number of carbonyl (C=O) groups excluding carboxylic acids is 1. The Morgan fingerprint density at radius 2 is 2.12 bits per heavy atom. The topological polar surface area (TPSA) is 54.3 Å². The average molecular weight is 345 g/mol. The highest BCUT2D eigenvalue weighted by molar-refractivity contribution is 7.18. The second-order valence-corrected chi connectivity index (χ2v) is 8.19. The number of amides is 1. The van der Waals surface area contributed by atoms with Gasteiger partial charge in [0.2, 0.25) is 5.43 Å². The van der Waals surface area contributed by atoms with Crippen LogP contribution in [0.15, 0.2) is 17.1 Å². The van der Waals surface area contributed by atoms with Gasteiger partial charge in [-0.25, -0.2) is 0 Å². The Labute approximate surface area is 145 Å². The monoisotopic (exact) mass is 345 g/mol. The van der Waals surface area contributed by atoms with Crippen molar-refractivity contribution < 1.29 is 4.79 Å². The minimum Gasteiger partial charge on any atom is -0.346 e. The number of aryl methyl sites for hydroxylation is 2. The molecule has 0 radical (unpaired) electrons. The highest BCUT2D eigenvalue weighted by Gasteiger charge is 2.34. The van der Waals surface area contributed by atoms with Crippen molar-refractivity contribution in [1.29, 1.82) is 0 Å². The molecule has 2 aromatic rings. The predicted molar refractivity (Wildman–Crippen MR) is 96.7 cm³/mol. The predicted octanol–water partition coefficient (Wildman–Crippen LogP) is 2.56. The molecule has 1 amide bonds. The van der Waals surface area contributed by atoms with Crippen molar-refractivity contribution in [2.75, 3.05) is 13.1 Å². The number of hydrogen-bond acceptors (Lipinski definition) is 4. The number of fused-ring (bicyclic) bond motifs is 4. The average Bonchev–Trinajstić information content (AvgIpc) is 2.98. The van der Waals surface area contributed by atoms with Crippen molar-refractivity contribution in [3.05, 3.63) is 32.9 Å². The van der Waals surface area contributed by atoms with Crippen LogP contribution in [0.5, 0.6) is 0 Å². The Morgan fingerprint density at radius 3 is 2.75 bits per heavy atom. The lowest BCUT2D eigenvalue weighted by Gasteiger charge is -2.45. The number of hydrogen-bond donors (Lipinski definition) is 1. The summed E-state index contributed by atoms with van der Waals surface area (Å²) < 4.78 is 2.69. The molecular weight excluding hydrogens is 322 g/mol. The Bertz CT molecular complexity index is 846. The van der Waals surface area contributed by atoms with E-state index in [9.17, 15) is 9.59 Å². The van der Waals surface area contributed by atoms with E-state index in [1.807, 2.05) is 24.5 Å². The Kier molecular flexibility index (Phi) is 3.96. The lowest BCUT2D eigenvalue weighted by atomic mass is 9.86. The summed E-state index contributed by atoms with van der Waals surface area (Å²) in [7, 11) is 0. The summed E-state index contributed by atoms with van der Waals surface area (Å²) in [6, 6.07) is 2.03. The molecule has 1 unspecified atom stereocenters. The molecule has 3 fully saturated rings. The zero-order valence-corrected chi connectivity index (χ0v) is 15.0. The van der Waals surface area contributed by atoms with Gasteiger partial charge >= 0.3 is 0 Å². The van der Waals surface area contributed by atoms with Crippen LogP contribution < -0.4 is 10.7 Å². The summed E-state index contributed by atoms with van der Waals surface area (Å²) in [5.41, 5.74) is 1.07. The van der Waals surface area contributed by atoms with Crippen molar-refractivity contribution in [1.82, 2.24) is 14.8 Å². The molecule has 3 saturated heterocycles. The summed E-state index contributed by atoms with van der Waals surface area (Å²) in [6.07, 6.45) is 5.28. The second kappa shape index (κ2) is 6.01. The van der Waals surface area contributed by atoms with Gasteiger partial charge in [-0.05, 0) is 45.1 Å². The largest absolute Gasteiger partial charge is 0.346 e. The molecule has 2 bridgehead atoms. The van der Waals surface area contributed by atoms with Crippen molar-refractivity contribution in [2.45, 2.75) is 45.8 Å². The van der Waals surface area contributed by atoms with Crippen molar-refractivity contribution >= 4 is 27.5 Å². The van der Waals surface area contributed by atoms with Crippen LogP contribution in [0.1, 0.15) is 41.4 Å². The van der Waals surface area contributed by atoms with E-state index in [0.29, 0.717) is 4.70 Å². The van der Waals surface area contributed by atoms with Crippen LogP contribution in [-0.2, 0) is 6.54 Å². The van der Waals surface area contributed by atoms with Gasteiger partial charge in [-0.2, -0.15) is 0 Å². The van der Waals surface area contributed by atoms with Crippen LogP contribution in [0.4, 0.5) is 0 Å². The van der Waals surface area contributed by atoms with E-state index in [4.69, 9.17) is 0 Å². The third-order valence-electron chi connectivity index (χ3n) is 5.41. The van der Waals surface area contributed by atoms with Gasteiger partial charge < -0.3 is 9.88 Å². The van der Waals surface area contributed by atoms with E-state index in [1.165, 1.54) is 24.2 Å². The maximum atomic E-state index is 12.8. The lowest BCUT2D eigenvalue weighted by molar-refractivity contribution is 0.0294. The molecule has 24 heavy (non-hydrogen) atoms. The number of carbonyl (C=O) groups is 1. The molecule has 5 nitrogen and oxygen atoms in total. The fourth-order valence-corrected chi connectivity index (χ4v) is 5.03. The van der Waals surface area contributed by atoms with Gasteiger partial charge in [0, 0.05) is 30.7 Å². The number of piperidine rings is 3. The molecule has 1 atom stereocenters. The van der Waals surface area contributed by atoms with Crippen molar-refractivity contribution in [3.63, 3.8) is 0 Å². The number of thiophene rings is 1. The molecule has 5 heterocycles. The quantitative estimate of drug-likeness (QED) is 0.930. The molecule has 1 N–H and O–H groups in total. The molecule has 0 saturated carbocycles. The highest BCUT2D eigenvalue weighted by Crippen LogP contribution is 2.30. The highest BCUT2D eigenvalue weighted by atomic mass is 32.1. The zero-order chi connectivity index (χ0) is 16.8. The van der Waals surface area contributed by atoms with Crippen LogP contribution in [0.2, 0.25) is 0 Å². The van der Waals surface area contributed by atoms with Gasteiger partial charge in [0.25, 0.3) is 5.91 Å². The number of pyridine rings is 1. The van der Waals surface area contributed by atoms with E-state index in [1.54, 1.807) is 6.20 Å². The van der Waals surface area contributed by atoms with Crippen LogP contribution in [0, 0.1) is 12.8 Å². The normalized spacial score (nSPS) is 26.0. The maximum Gasteiger partial charge on any atom is 0.258 e. The van der Waals surface area contributed by atoms with E-state index in [2.05, 4.69) is 10.2 Å². The molecule has 0 aromatic carbocycles. The number of nitrogens with one attached hydrogen (secondary N) is 1. The smallest absolute Gasteiger partial charge is 0.258 e. The Balaban J connectivity index is 1.67. The molecule has 128 valence electrons. The standard InChI is InChI=1S/C18H23N3O2S/c1-3-20-10-13(16(22)17-14(20)8-11(2)24-17)18(23)19-15-9-12-4-6-21(15)7-5-12/h8,10,12,15H,3-7,9H2,1-2H3,(H,19,23). The molecule has 2 aromatic heterocycles. The maximum absolute atomic E-state index is 12.8. The van der Waals surface area contributed by atoms with Crippen LogP contribution in [0.25, 0.3) is 10.2 Å². The minimum absolute atomic E-state index is 0.0836. The first kappa shape index (κ1) is 15.8. The Hall–Kier alpha value is -1.66. The number of nitrogens with zero attached hydrogens (tertiary/aromatic N) is 2. The Morgan fingerprint density at radius 1 is 1.38 bits per heavy atom. The van der Waals surface area contributed by atoms with E-state index in [0.717, 1.165) is 42.4 Å². The zero-order valence-electron chi connectivity index (χ0n) is 14.2. The summed E-state index contributed by atoms with van der Waals surface area (Å²) in [5.74, 6) is 0.489. The molecule has 0 aliphatic carbocycles. The van der Waals surface area contributed by atoms with Gasteiger partial charge in [0.05, 0.1) is 16.4 Å². The van der Waals surface area contributed by atoms with Gasteiger partial charge in [-0.15, -0.1) is 11.3 Å². The van der Waals surface area contributed by atoms with Crippen LogP contribution in [0.3, 0.4) is 0 Å². The van der Waals surface area contributed by atoms with E-state index >= 15 is 0 Å². The van der Waals surface area contributed by atoms with E-state index < -0.39 is 0 Å². The fraction of sp³-hybridized carbons (Fsp3) is 0.556. The van der Waals surface area contributed by atoms with Gasteiger partial charge in [-0.1, -0.05) is 0 Å². The van der Waals surface area contributed by atoms with Gasteiger partial charge in [-0.3, -0.25) is 14.5 Å². The van der Waals surface area contributed by atoms with Gasteiger partial charge in [0.1, 0.15) is 5.56 Å². The first-order valence-corrected chi connectivity index (χ1v) is 9.57. The first-order valence-electron chi connectivity index (χ1n) is 8.75. The second-order valence-electron chi connectivity index (χ2n) is 6.93. The lowest BCUT2D eigenvalue weighted by Crippen LogP contribution is -2.56. The third-order valence-corrected chi connectivity index (χ3v) is 6.45. The molecule has 3 aliphatic heterocycles. The molecule has 6 heteroatoms. The fourth-order valence-electron chi connectivity index (χ4n) is 4.05. The molecule has 0 spiro atoms. The van der Waals surface area contributed by atoms with E-state index in [-0.39, 0.29) is 23.1 Å². The third kappa shape index (κ3) is 2.58. The van der Waals surface area contributed by atoms with Crippen LogP contribution >= 0.6 is 11.3 Å². The summed E-state index contributed by atoms with van der Waals surface area (Å²) >= 11 is 1.47. The first-order chi connectivity index (χ1) is 11.6. The van der Waals surface area contributed by atoms with Crippen LogP contribution in [-0.4, -0.2) is 34.6 Å². The minimum atomic E-state index is -0.229. The summed E-state index contributed by atoms with van der Waals surface area (Å²) in [4.78, 5) is 29.0.